The van der Waals surface area contributed by atoms with Gasteiger partial charge >= 0.3 is 5.97 Å². The molecule has 0 saturated carbocycles. The minimum atomic E-state index is -0.287. The minimum absolute atomic E-state index is 0.00248. The quantitative estimate of drug-likeness (QED) is 0.0164. The van der Waals surface area contributed by atoms with E-state index < -0.39 is 0 Å². The first-order valence-corrected chi connectivity index (χ1v) is 54.2. The highest BCUT2D eigenvalue weighted by Crippen LogP contribution is 2.58. The van der Waals surface area contributed by atoms with Gasteiger partial charge in [0.1, 0.15) is 0 Å². The highest BCUT2D eigenvalue weighted by Gasteiger charge is 2.47. The van der Waals surface area contributed by atoms with E-state index in [1.54, 1.807) is 56.7 Å². The van der Waals surface area contributed by atoms with Crippen LogP contribution in [0.5, 0.6) is 0 Å². The lowest BCUT2D eigenvalue weighted by atomic mass is 9.93. The van der Waals surface area contributed by atoms with Crippen molar-refractivity contribution in [3.05, 3.63) is 103 Å². The lowest BCUT2D eigenvalue weighted by molar-refractivity contribution is -0.114. The summed E-state index contributed by atoms with van der Waals surface area (Å²) in [5.41, 5.74) is 6.93. The third-order valence-electron chi connectivity index (χ3n) is 26.2. The van der Waals surface area contributed by atoms with E-state index in [2.05, 4.69) is 138 Å². The van der Waals surface area contributed by atoms with Gasteiger partial charge in [0.05, 0.1) is 49.1 Å². The van der Waals surface area contributed by atoms with E-state index in [0.717, 1.165) is 152 Å². The Labute approximate surface area is 749 Å². The van der Waals surface area contributed by atoms with Crippen molar-refractivity contribution in [3.8, 4) is 30.6 Å². The number of esters is 1. The third-order valence-corrected chi connectivity index (χ3v) is 33.1. The number of nitrogens with zero attached hydrogens (tertiary/aromatic N) is 2. The summed E-state index contributed by atoms with van der Waals surface area (Å²) in [7, 11) is 0. The molecule has 2 amide bonds. The van der Waals surface area contributed by atoms with Crippen molar-refractivity contribution < 1.29 is 23.9 Å². The first-order valence-electron chi connectivity index (χ1n) is 49.3. The smallest absolute Gasteiger partial charge is 0.340 e. The van der Waals surface area contributed by atoms with Gasteiger partial charge in [-0.2, -0.15) is 0 Å². The van der Waals surface area contributed by atoms with Gasteiger partial charge in [-0.3, -0.25) is 14.4 Å². The normalized spacial score (nSPS) is 14.1. The number of thiophene rings is 6. The van der Waals surface area contributed by atoms with Gasteiger partial charge in [-0.15, -0.1) is 68.0 Å². The molecular formula is C107H152N2O5S6. The number of hydrogen-bond acceptors (Lipinski definition) is 11. The Morgan fingerprint density at radius 2 is 0.683 bits per heavy atom. The van der Waals surface area contributed by atoms with Crippen molar-refractivity contribution in [1.29, 1.82) is 0 Å². The van der Waals surface area contributed by atoms with Crippen LogP contribution >= 0.6 is 68.0 Å². The number of hydrogen-bond donors (Lipinski definition) is 0. The number of carbonyl (C=O) groups is 4. The number of fused-ring (bicyclic) bond motifs is 8. The summed E-state index contributed by atoms with van der Waals surface area (Å²) in [6.45, 7) is 19.8. The van der Waals surface area contributed by atoms with E-state index in [4.69, 9.17) is 4.74 Å². The van der Waals surface area contributed by atoms with Gasteiger partial charge in [0.2, 0.25) is 0 Å². The van der Waals surface area contributed by atoms with Crippen LogP contribution in [0.2, 0.25) is 0 Å². The Bertz CT molecular complexity index is 4550. The molecule has 2 aliphatic rings. The maximum Gasteiger partial charge on any atom is 0.340 e. The summed E-state index contributed by atoms with van der Waals surface area (Å²) in [6.07, 6.45) is 65.9. The van der Waals surface area contributed by atoms with E-state index in [1.807, 2.05) is 11.3 Å². The maximum atomic E-state index is 16.6. The van der Waals surface area contributed by atoms with Crippen molar-refractivity contribution >= 4 is 154 Å². The Hall–Kier alpha value is -5.28. The SMILES string of the molecule is CCCCCCCCCCCCCC(=O)c1c2cc(C)sc2c(C(=O)OCCCCCCCCCCCC)c2cc(-c3ccc(-c4ccc5c6c(sc5c4)/C(=C4\C(=O)N(CC(CCCCCCCC)CCCCCCCCCC)c5c4sc4cc(-c7ccc(C)s7)ccc54)C(=O)N6CC(CCCCCCCC)CCCCCCCCCC)s3)sc12. The molecule has 3 aromatic carbocycles. The third kappa shape index (κ3) is 26.9. The second-order valence-corrected chi connectivity index (χ2v) is 43.0. The Morgan fingerprint density at radius 1 is 0.325 bits per heavy atom. The molecule has 11 rings (SSSR count). The number of Topliss-reactive ketones (excluding diaryl/α,β-unsaturated/α-hetero) is 1. The van der Waals surface area contributed by atoms with Gasteiger partial charge in [0.15, 0.2) is 5.78 Å². The summed E-state index contributed by atoms with van der Waals surface area (Å²) in [5, 5.41) is 3.93. The van der Waals surface area contributed by atoms with Gasteiger partial charge in [-0.05, 0) is 124 Å². The first-order chi connectivity index (χ1) is 58.9. The zero-order valence-electron chi connectivity index (χ0n) is 75.8. The molecule has 0 fully saturated rings. The Balaban J connectivity index is 0.959. The van der Waals surface area contributed by atoms with Crippen molar-refractivity contribution in [2.24, 2.45) is 11.8 Å². The fourth-order valence-corrected chi connectivity index (χ4v) is 26.0. The molecule has 7 nitrogen and oxygen atoms in total. The van der Waals surface area contributed by atoms with E-state index in [-0.39, 0.29) is 23.6 Å². The second kappa shape index (κ2) is 52.0. The highest BCUT2D eigenvalue weighted by molar-refractivity contribution is 7.28. The van der Waals surface area contributed by atoms with Gasteiger partial charge in [0.25, 0.3) is 11.8 Å². The average molecular weight is 1740 g/mol. The molecule has 0 N–H and O–H groups in total. The zero-order valence-corrected chi connectivity index (χ0v) is 80.7. The number of rotatable bonds is 64. The molecule has 13 heteroatoms. The number of ketones is 1. The standard InChI is InChI=1S/C107H152N2O5S6/c1-9-15-21-27-33-37-39-40-44-50-56-62-88(110)95-86-72-79(8)116-102(86)96(107(113)114-71-57-51-45-41-38-34-28-22-16-10-2)87-75-94(120-101(87)95)91-70-69-90(117-91)83-65-67-85-93(74-83)119-104-98(106(112)109(100(85)104)77-81(59-53-47-32-26-20-14-6)61-55-49-43-36-30-24-18-12-4)97-103-99(84-66-64-82(73-92(84)118-103)89-68-63-78(7)115-89)108(105(97)111)76-80(58-52-46-31-25-19-13-5)60-54-48-42-35-29-23-17-11-3/h63-70,72-75,80-81H,9-62,71,76-77H2,1-8H3/b98-97+. The van der Waals surface area contributed by atoms with Crippen LogP contribution in [0.15, 0.2) is 72.8 Å². The molecule has 6 aromatic heterocycles. The molecule has 0 bridgehead atoms. The van der Waals surface area contributed by atoms with Gasteiger partial charge < -0.3 is 14.5 Å². The lowest BCUT2D eigenvalue weighted by Gasteiger charge is -2.25. The van der Waals surface area contributed by atoms with Crippen LogP contribution in [-0.2, 0) is 14.3 Å². The van der Waals surface area contributed by atoms with Gasteiger partial charge in [0, 0.05) is 90.0 Å². The predicted octanol–water partition coefficient (Wildman–Crippen LogP) is 36.6. The summed E-state index contributed by atoms with van der Waals surface area (Å²) in [4.78, 5) is 76.3. The first kappa shape index (κ1) is 95.4. The van der Waals surface area contributed by atoms with Crippen LogP contribution in [0.1, 0.15) is 428 Å². The highest BCUT2D eigenvalue weighted by atomic mass is 32.1. The molecule has 0 saturated heterocycles. The molecule has 0 spiro atoms. The van der Waals surface area contributed by atoms with Crippen LogP contribution in [0, 0.1) is 25.7 Å². The monoisotopic (exact) mass is 1740 g/mol. The molecule has 120 heavy (non-hydrogen) atoms. The zero-order chi connectivity index (χ0) is 84.2. The van der Waals surface area contributed by atoms with Crippen molar-refractivity contribution in [3.63, 3.8) is 0 Å². The number of benzene rings is 3. The summed E-state index contributed by atoms with van der Waals surface area (Å²) in [5.74, 6) is 0.581. The molecular weight excluding hydrogens is 1590 g/mol. The fourth-order valence-electron chi connectivity index (χ4n) is 19.1. The van der Waals surface area contributed by atoms with Crippen molar-refractivity contribution in [1.82, 2.24) is 0 Å². The number of unbranched alkanes of at least 4 members (excludes halogenated alkanes) is 43. The topological polar surface area (TPSA) is 84.0 Å². The second-order valence-electron chi connectivity index (χ2n) is 36.2. The number of carbonyl (C=O) groups excluding carboxylic acids is 4. The van der Waals surface area contributed by atoms with E-state index in [9.17, 15) is 4.79 Å². The predicted molar refractivity (Wildman–Crippen MR) is 532 cm³/mol. The van der Waals surface area contributed by atoms with Gasteiger partial charge in [-0.1, -0.05) is 368 Å². The summed E-state index contributed by atoms with van der Waals surface area (Å²) >= 11 is 10.3. The van der Waals surface area contributed by atoms with E-state index >= 15 is 14.4 Å². The van der Waals surface area contributed by atoms with Crippen LogP contribution < -0.4 is 9.80 Å². The van der Waals surface area contributed by atoms with Crippen LogP contribution in [0.25, 0.3) is 82.1 Å². The average Bonchev–Trinajstić information content (AvgIpc) is 1.55. The molecule has 9 aromatic rings. The van der Waals surface area contributed by atoms with Crippen LogP contribution in [0.3, 0.4) is 0 Å². The molecule has 2 atom stereocenters. The molecule has 0 aliphatic carbocycles. The van der Waals surface area contributed by atoms with Crippen LogP contribution in [0.4, 0.5) is 11.4 Å². The van der Waals surface area contributed by atoms with E-state index in [1.165, 1.54) is 296 Å². The lowest BCUT2D eigenvalue weighted by Crippen LogP contribution is -2.34. The van der Waals surface area contributed by atoms with Crippen LogP contribution in [-0.4, -0.2) is 43.3 Å². The largest absolute Gasteiger partial charge is 0.462 e. The summed E-state index contributed by atoms with van der Waals surface area (Å²) in [6, 6.07) is 27.2. The fraction of sp³-hybridized carbons (Fsp3) is 0.626. The number of anilines is 2. The molecule has 656 valence electrons. The molecule has 2 unspecified atom stereocenters. The number of aryl methyl sites for hydroxylation is 2. The Kier molecular flexibility index (Phi) is 41.3. The van der Waals surface area contributed by atoms with Crippen molar-refractivity contribution in [2.45, 2.75) is 402 Å². The minimum Gasteiger partial charge on any atom is -0.462 e. The molecule has 8 heterocycles. The Morgan fingerprint density at radius 3 is 1.09 bits per heavy atom. The van der Waals surface area contributed by atoms with Crippen molar-refractivity contribution in [2.75, 3.05) is 29.5 Å². The maximum absolute atomic E-state index is 16.6. The summed E-state index contributed by atoms with van der Waals surface area (Å²) < 4.78 is 10.4. The molecule has 2 aliphatic heterocycles. The van der Waals surface area contributed by atoms with E-state index in [0.29, 0.717) is 54.7 Å². The molecule has 0 radical (unpaired) electrons. The number of ether oxygens (including phenoxy) is 1. The number of amides is 2. The van der Waals surface area contributed by atoms with Gasteiger partial charge in [-0.25, -0.2) is 4.79 Å².